The predicted molar refractivity (Wildman–Crippen MR) is 108 cm³/mol. The highest BCUT2D eigenvalue weighted by Gasteiger charge is 2.16. The number of carbonyl (C=O) groups excluding carboxylic acids is 2. The number of hydrogen-bond donors (Lipinski definition) is 0. The van der Waals surface area contributed by atoms with E-state index in [1.807, 2.05) is 30.3 Å². The number of likely N-dealkylation sites (N-methyl/N-ethyl adjacent to an activating group) is 1. The normalized spacial score (nSPS) is 10.6. The van der Waals surface area contributed by atoms with E-state index in [9.17, 15) is 14.4 Å². The summed E-state index contributed by atoms with van der Waals surface area (Å²) >= 11 is 3.35. The van der Waals surface area contributed by atoms with Gasteiger partial charge in [-0.15, -0.1) is 5.10 Å². The maximum absolute atomic E-state index is 12.2. The molecule has 0 aliphatic heterocycles. The number of benzene rings is 2. The number of nitrogens with zero attached hydrogens (tertiary/aromatic N) is 3. The van der Waals surface area contributed by atoms with Crippen LogP contribution in [0.3, 0.4) is 0 Å². The molecule has 150 valence electrons. The Bertz CT molecular complexity index is 1040. The molecular formula is C20H18BrN3O5. The minimum absolute atomic E-state index is 0.105. The van der Waals surface area contributed by atoms with E-state index in [2.05, 4.69) is 21.0 Å². The van der Waals surface area contributed by atoms with Crippen molar-refractivity contribution in [2.45, 2.75) is 13.1 Å². The SMILES string of the molecule is CN(Cc1ccc(Br)cc1)C(=O)COC(=O)Cn1nc(-c2ccccc2)oc1=O. The van der Waals surface area contributed by atoms with Gasteiger partial charge in [0.1, 0.15) is 6.54 Å². The first-order chi connectivity index (χ1) is 13.9. The molecule has 29 heavy (non-hydrogen) atoms. The van der Waals surface area contributed by atoms with Crippen molar-refractivity contribution >= 4 is 27.8 Å². The Kier molecular flexibility index (Phi) is 6.61. The van der Waals surface area contributed by atoms with Crippen LogP contribution in [0.15, 0.2) is 68.3 Å². The van der Waals surface area contributed by atoms with Crippen LogP contribution in [0, 0.1) is 0 Å². The molecule has 1 heterocycles. The van der Waals surface area contributed by atoms with E-state index < -0.39 is 24.9 Å². The molecule has 1 amide bonds. The third-order valence-electron chi connectivity index (χ3n) is 4.02. The van der Waals surface area contributed by atoms with Crippen molar-refractivity contribution in [1.82, 2.24) is 14.7 Å². The van der Waals surface area contributed by atoms with Gasteiger partial charge in [0, 0.05) is 23.6 Å². The molecule has 0 unspecified atom stereocenters. The van der Waals surface area contributed by atoms with Gasteiger partial charge in [-0.3, -0.25) is 9.59 Å². The zero-order chi connectivity index (χ0) is 20.8. The lowest BCUT2D eigenvalue weighted by Gasteiger charge is -2.17. The number of amides is 1. The maximum Gasteiger partial charge on any atom is 0.437 e. The number of esters is 1. The quantitative estimate of drug-likeness (QED) is 0.503. The average Bonchev–Trinajstić information content (AvgIpc) is 3.08. The van der Waals surface area contributed by atoms with E-state index in [0.717, 1.165) is 14.7 Å². The molecule has 2 aromatic carbocycles. The van der Waals surface area contributed by atoms with Gasteiger partial charge in [-0.05, 0) is 29.8 Å². The number of ether oxygens (including phenoxy) is 1. The van der Waals surface area contributed by atoms with Crippen LogP contribution in [-0.4, -0.2) is 40.2 Å². The number of carbonyl (C=O) groups is 2. The van der Waals surface area contributed by atoms with E-state index in [-0.39, 0.29) is 11.8 Å². The Morgan fingerprint density at radius 3 is 2.52 bits per heavy atom. The molecule has 1 aromatic heterocycles. The summed E-state index contributed by atoms with van der Waals surface area (Å²) in [7, 11) is 1.62. The van der Waals surface area contributed by atoms with Gasteiger partial charge in [0.25, 0.3) is 5.91 Å². The first-order valence-electron chi connectivity index (χ1n) is 8.70. The molecule has 9 heteroatoms. The highest BCUT2D eigenvalue weighted by molar-refractivity contribution is 9.10. The van der Waals surface area contributed by atoms with E-state index >= 15 is 0 Å². The van der Waals surface area contributed by atoms with Crippen molar-refractivity contribution in [2.24, 2.45) is 0 Å². The van der Waals surface area contributed by atoms with Crippen LogP contribution >= 0.6 is 15.9 Å². The second-order valence-corrected chi connectivity index (χ2v) is 7.15. The molecule has 3 aromatic rings. The summed E-state index contributed by atoms with van der Waals surface area (Å²) in [4.78, 5) is 37.5. The summed E-state index contributed by atoms with van der Waals surface area (Å²) < 4.78 is 11.8. The lowest BCUT2D eigenvalue weighted by atomic mass is 10.2. The summed E-state index contributed by atoms with van der Waals surface area (Å²) in [6, 6.07) is 16.4. The smallest absolute Gasteiger partial charge is 0.437 e. The molecule has 0 atom stereocenters. The fraction of sp³-hybridized carbons (Fsp3) is 0.200. The fourth-order valence-corrected chi connectivity index (χ4v) is 2.74. The number of rotatable bonds is 7. The third-order valence-corrected chi connectivity index (χ3v) is 4.55. The molecule has 0 aliphatic rings. The molecule has 0 aliphatic carbocycles. The van der Waals surface area contributed by atoms with Crippen LogP contribution in [0.25, 0.3) is 11.5 Å². The number of aromatic nitrogens is 2. The molecule has 0 saturated heterocycles. The topological polar surface area (TPSA) is 94.6 Å². The minimum Gasteiger partial charge on any atom is -0.454 e. The van der Waals surface area contributed by atoms with Gasteiger partial charge in [-0.25, -0.2) is 4.79 Å². The number of hydrogen-bond acceptors (Lipinski definition) is 6. The fourth-order valence-electron chi connectivity index (χ4n) is 2.48. The highest BCUT2D eigenvalue weighted by Crippen LogP contribution is 2.14. The van der Waals surface area contributed by atoms with Crippen LogP contribution in [0.1, 0.15) is 5.56 Å². The van der Waals surface area contributed by atoms with E-state index in [1.165, 1.54) is 4.90 Å². The lowest BCUT2D eigenvalue weighted by molar-refractivity contribution is -0.152. The Balaban J connectivity index is 1.52. The van der Waals surface area contributed by atoms with E-state index in [1.54, 1.807) is 31.3 Å². The summed E-state index contributed by atoms with van der Waals surface area (Å²) in [5.74, 6) is -1.79. The van der Waals surface area contributed by atoms with Crippen LogP contribution in [0.5, 0.6) is 0 Å². The first-order valence-corrected chi connectivity index (χ1v) is 9.49. The molecule has 0 bridgehead atoms. The lowest BCUT2D eigenvalue weighted by Crippen LogP contribution is -2.32. The molecule has 0 fully saturated rings. The second-order valence-electron chi connectivity index (χ2n) is 6.23. The minimum atomic E-state index is -0.778. The second kappa shape index (κ2) is 9.33. The summed E-state index contributed by atoms with van der Waals surface area (Å²) in [5.41, 5.74) is 1.56. The van der Waals surface area contributed by atoms with Gasteiger partial charge in [-0.2, -0.15) is 4.68 Å². The largest absolute Gasteiger partial charge is 0.454 e. The Morgan fingerprint density at radius 2 is 1.83 bits per heavy atom. The predicted octanol–water partition coefficient (Wildman–Crippen LogP) is 2.47. The van der Waals surface area contributed by atoms with Gasteiger partial charge in [0.15, 0.2) is 6.61 Å². The van der Waals surface area contributed by atoms with E-state index in [4.69, 9.17) is 9.15 Å². The van der Waals surface area contributed by atoms with Crippen LogP contribution in [0.2, 0.25) is 0 Å². The molecule has 8 nitrogen and oxygen atoms in total. The van der Waals surface area contributed by atoms with Crippen molar-refractivity contribution in [2.75, 3.05) is 13.7 Å². The van der Waals surface area contributed by atoms with Crippen LogP contribution in [-0.2, 0) is 27.4 Å². The van der Waals surface area contributed by atoms with Gasteiger partial charge in [-0.1, -0.05) is 46.3 Å². The highest BCUT2D eigenvalue weighted by atomic mass is 79.9. The first kappa shape index (κ1) is 20.5. The maximum atomic E-state index is 12.2. The van der Waals surface area contributed by atoms with E-state index in [0.29, 0.717) is 12.1 Å². The zero-order valence-corrected chi connectivity index (χ0v) is 17.2. The van der Waals surface area contributed by atoms with Gasteiger partial charge >= 0.3 is 11.7 Å². The van der Waals surface area contributed by atoms with Gasteiger partial charge in [0.05, 0.1) is 0 Å². The molecule has 0 N–H and O–H groups in total. The van der Waals surface area contributed by atoms with Crippen LogP contribution in [0.4, 0.5) is 0 Å². The third kappa shape index (κ3) is 5.64. The van der Waals surface area contributed by atoms with Crippen molar-refractivity contribution < 1.29 is 18.7 Å². The Morgan fingerprint density at radius 1 is 1.14 bits per heavy atom. The van der Waals surface area contributed by atoms with Gasteiger partial charge < -0.3 is 14.1 Å². The Labute approximate surface area is 174 Å². The summed E-state index contributed by atoms with van der Waals surface area (Å²) in [5, 5.41) is 3.98. The van der Waals surface area contributed by atoms with Crippen molar-refractivity contribution in [1.29, 1.82) is 0 Å². The van der Waals surface area contributed by atoms with Crippen molar-refractivity contribution in [3.8, 4) is 11.5 Å². The molecular weight excluding hydrogens is 442 g/mol. The zero-order valence-electron chi connectivity index (χ0n) is 15.6. The molecule has 0 radical (unpaired) electrons. The molecule has 3 rings (SSSR count). The summed E-state index contributed by atoms with van der Waals surface area (Å²) in [6.45, 7) is -0.490. The van der Waals surface area contributed by atoms with Crippen LogP contribution < -0.4 is 5.76 Å². The average molecular weight is 460 g/mol. The standard InChI is InChI=1S/C20H18BrN3O5/c1-23(11-14-7-9-16(21)10-8-14)17(25)13-28-18(26)12-24-20(27)29-19(22-24)15-5-3-2-4-6-15/h2-10H,11-13H2,1H3. The molecule has 0 saturated carbocycles. The molecule has 0 spiro atoms. The van der Waals surface area contributed by atoms with Gasteiger partial charge in [0.2, 0.25) is 5.89 Å². The van der Waals surface area contributed by atoms with Crippen molar-refractivity contribution in [3.63, 3.8) is 0 Å². The summed E-state index contributed by atoms with van der Waals surface area (Å²) in [6.07, 6.45) is 0. The monoisotopic (exact) mass is 459 g/mol. The number of halogens is 1. The Hall–Kier alpha value is -3.20. The van der Waals surface area contributed by atoms with Crippen molar-refractivity contribution in [3.05, 3.63) is 75.2 Å².